The lowest BCUT2D eigenvalue weighted by molar-refractivity contribution is -0.145. The van der Waals surface area contributed by atoms with Crippen molar-refractivity contribution in [2.75, 3.05) is 19.6 Å². The van der Waals surface area contributed by atoms with Crippen LogP contribution in [0.2, 0.25) is 0 Å². The minimum Gasteiger partial charge on any atom is -0.461 e. The maximum Gasteiger partial charge on any atom is 0.311 e. The molecule has 3 fully saturated rings. The van der Waals surface area contributed by atoms with E-state index in [0.717, 1.165) is 39.0 Å². The molecule has 0 N–H and O–H groups in total. The van der Waals surface area contributed by atoms with E-state index in [4.69, 9.17) is 4.74 Å². The van der Waals surface area contributed by atoms with Crippen molar-refractivity contribution in [1.82, 2.24) is 9.47 Å². The van der Waals surface area contributed by atoms with Gasteiger partial charge in [0.05, 0.1) is 5.92 Å². The molecule has 0 amide bonds. The molecule has 31 heavy (non-hydrogen) atoms. The van der Waals surface area contributed by atoms with Gasteiger partial charge in [-0.25, -0.2) is 0 Å². The van der Waals surface area contributed by atoms with Gasteiger partial charge in [-0.2, -0.15) is 0 Å². The third-order valence-electron chi connectivity index (χ3n) is 9.09. The Kier molecular flexibility index (Phi) is 4.51. The lowest BCUT2D eigenvalue weighted by Gasteiger charge is -2.46. The number of carbonyl (C=O) groups is 1. The molecule has 2 aliphatic carbocycles. The third-order valence-corrected chi connectivity index (χ3v) is 9.09. The predicted octanol–water partition coefficient (Wildman–Crippen LogP) is 3.58. The second-order valence-electron chi connectivity index (χ2n) is 11.3. The quantitative estimate of drug-likeness (QED) is 0.540. The molecule has 5 nitrogen and oxygen atoms in total. The second-order valence-corrected chi connectivity index (χ2v) is 11.3. The summed E-state index contributed by atoms with van der Waals surface area (Å²) < 4.78 is 7.96. The molecule has 6 rings (SSSR count). The van der Waals surface area contributed by atoms with Crippen LogP contribution in [0.15, 0.2) is 34.6 Å². The van der Waals surface area contributed by atoms with Gasteiger partial charge in [0, 0.05) is 49.8 Å². The van der Waals surface area contributed by atoms with E-state index in [1.54, 1.807) is 11.6 Å². The summed E-state index contributed by atoms with van der Waals surface area (Å²) in [4.78, 5) is 27.8. The normalized spacial score (nSPS) is 41.6. The van der Waals surface area contributed by atoms with E-state index in [1.807, 2.05) is 10.6 Å². The number of hydrogen-bond acceptors (Lipinski definition) is 4. The standard InChI is InChI=1S/C26H34N2O3/c1-16-5-4-8-26(2)11-23-19(10-21(16)26)20(25(30)31-23)15-27-12-17-9-18(14-27)22-6-3-7-24(29)28(22)13-17/h3,6-7,10,16-20,23H,4-5,8-9,11-15H2,1-2H3/t16-,17+,18+,19+,20?,23+,26+/m0/s1. The van der Waals surface area contributed by atoms with Gasteiger partial charge in [-0.15, -0.1) is 0 Å². The van der Waals surface area contributed by atoms with Crippen molar-refractivity contribution >= 4 is 5.97 Å². The molecule has 3 aliphatic heterocycles. The molecule has 4 heterocycles. The van der Waals surface area contributed by atoms with E-state index in [2.05, 4.69) is 30.9 Å². The first-order valence-corrected chi connectivity index (χ1v) is 12.3. The summed E-state index contributed by atoms with van der Waals surface area (Å²) in [5, 5.41) is 0. The van der Waals surface area contributed by atoms with Crippen LogP contribution in [0.5, 0.6) is 0 Å². The fraction of sp³-hybridized carbons (Fsp3) is 0.692. The number of rotatable bonds is 2. The topological polar surface area (TPSA) is 51.5 Å². The lowest BCUT2D eigenvalue weighted by atomic mass is 9.59. The minimum absolute atomic E-state index is 0.00843. The van der Waals surface area contributed by atoms with Gasteiger partial charge in [0.15, 0.2) is 0 Å². The van der Waals surface area contributed by atoms with Crippen LogP contribution >= 0.6 is 0 Å². The van der Waals surface area contributed by atoms with E-state index in [0.29, 0.717) is 17.8 Å². The van der Waals surface area contributed by atoms with Gasteiger partial charge < -0.3 is 14.2 Å². The SMILES string of the molecule is C[C@H]1CCC[C@]2(C)C[C@H]3OC(=O)C(CN4C[C@H]5C[C@H](C4)c4cccc(=O)n4C5)[C@H]3C=C12. The highest BCUT2D eigenvalue weighted by molar-refractivity contribution is 5.76. The first kappa shape index (κ1) is 19.8. The first-order valence-electron chi connectivity index (χ1n) is 12.3. The van der Waals surface area contributed by atoms with Crippen LogP contribution in [0.4, 0.5) is 0 Å². The summed E-state index contributed by atoms with van der Waals surface area (Å²) in [6.07, 6.45) is 8.45. The average molecular weight is 423 g/mol. The average Bonchev–Trinajstić information content (AvgIpc) is 3.01. The first-order chi connectivity index (χ1) is 14.9. The van der Waals surface area contributed by atoms with Gasteiger partial charge in [-0.05, 0) is 49.0 Å². The van der Waals surface area contributed by atoms with E-state index < -0.39 is 0 Å². The number of allylic oxidation sites excluding steroid dienone is 1. The van der Waals surface area contributed by atoms with E-state index >= 15 is 0 Å². The Morgan fingerprint density at radius 3 is 2.94 bits per heavy atom. The molecule has 1 unspecified atom stereocenters. The van der Waals surface area contributed by atoms with Crippen molar-refractivity contribution in [3.8, 4) is 0 Å². The molecular formula is C26H34N2O3. The summed E-state index contributed by atoms with van der Waals surface area (Å²) in [6.45, 7) is 8.26. The molecule has 5 aliphatic rings. The minimum atomic E-state index is -0.0482. The zero-order chi connectivity index (χ0) is 21.3. The number of pyridine rings is 1. The number of hydrogen-bond donors (Lipinski definition) is 0. The van der Waals surface area contributed by atoms with Gasteiger partial charge in [-0.3, -0.25) is 9.59 Å². The number of likely N-dealkylation sites (tertiary alicyclic amines) is 1. The highest BCUT2D eigenvalue weighted by Crippen LogP contribution is 2.54. The van der Waals surface area contributed by atoms with E-state index in [-0.39, 0.29) is 34.9 Å². The fourth-order valence-corrected chi connectivity index (χ4v) is 7.68. The third kappa shape index (κ3) is 3.14. The monoisotopic (exact) mass is 422 g/mol. The molecule has 0 aromatic carbocycles. The molecule has 7 atom stereocenters. The second kappa shape index (κ2) is 7.06. The van der Waals surface area contributed by atoms with Crippen LogP contribution in [-0.4, -0.2) is 41.2 Å². The molecule has 1 saturated carbocycles. The molecule has 5 heteroatoms. The summed E-state index contributed by atoms with van der Waals surface area (Å²) in [5.41, 5.74) is 3.10. The van der Waals surface area contributed by atoms with Crippen LogP contribution in [0.1, 0.15) is 57.6 Å². The van der Waals surface area contributed by atoms with E-state index in [1.165, 1.54) is 25.0 Å². The predicted molar refractivity (Wildman–Crippen MR) is 119 cm³/mol. The molecule has 2 saturated heterocycles. The largest absolute Gasteiger partial charge is 0.461 e. The molecule has 0 radical (unpaired) electrons. The number of carbonyl (C=O) groups excluding carboxylic acids is 1. The van der Waals surface area contributed by atoms with Gasteiger partial charge >= 0.3 is 5.97 Å². The van der Waals surface area contributed by atoms with Crippen molar-refractivity contribution in [1.29, 1.82) is 0 Å². The zero-order valence-corrected chi connectivity index (χ0v) is 18.8. The highest BCUT2D eigenvalue weighted by Gasteiger charge is 2.52. The van der Waals surface area contributed by atoms with Crippen molar-refractivity contribution in [3.05, 3.63) is 45.9 Å². The van der Waals surface area contributed by atoms with Crippen LogP contribution in [0, 0.1) is 29.1 Å². The number of esters is 1. The highest BCUT2D eigenvalue weighted by atomic mass is 16.6. The number of piperidine rings is 1. The smallest absolute Gasteiger partial charge is 0.311 e. The number of ether oxygens (including phenoxy) is 1. The summed E-state index contributed by atoms with van der Waals surface area (Å²) in [5.74, 6) is 1.70. The van der Waals surface area contributed by atoms with Crippen molar-refractivity contribution < 1.29 is 9.53 Å². The number of fused-ring (bicyclic) bond motifs is 6. The molecular weight excluding hydrogens is 388 g/mol. The van der Waals surface area contributed by atoms with Crippen LogP contribution in [-0.2, 0) is 16.1 Å². The maximum atomic E-state index is 13.0. The van der Waals surface area contributed by atoms with Gasteiger partial charge in [-0.1, -0.05) is 38.0 Å². The van der Waals surface area contributed by atoms with Gasteiger partial charge in [0.2, 0.25) is 0 Å². The Hall–Kier alpha value is -1.88. The Labute approximate surface area is 184 Å². The van der Waals surface area contributed by atoms with Crippen LogP contribution in [0.3, 0.4) is 0 Å². The summed E-state index contributed by atoms with van der Waals surface area (Å²) in [6, 6.07) is 5.68. The van der Waals surface area contributed by atoms with Crippen molar-refractivity contribution in [2.24, 2.45) is 29.1 Å². The molecule has 1 aromatic heterocycles. The molecule has 0 spiro atoms. The van der Waals surface area contributed by atoms with E-state index in [9.17, 15) is 9.59 Å². The molecule has 166 valence electrons. The Morgan fingerprint density at radius 2 is 2.06 bits per heavy atom. The van der Waals surface area contributed by atoms with Crippen LogP contribution < -0.4 is 5.56 Å². The summed E-state index contributed by atoms with van der Waals surface area (Å²) >= 11 is 0. The number of nitrogens with zero attached hydrogens (tertiary/aromatic N) is 2. The molecule has 1 aromatic rings. The molecule has 2 bridgehead atoms. The summed E-state index contributed by atoms with van der Waals surface area (Å²) in [7, 11) is 0. The fourth-order valence-electron chi connectivity index (χ4n) is 7.68. The van der Waals surface area contributed by atoms with Crippen LogP contribution in [0.25, 0.3) is 0 Å². The Bertz CT molecular complexity index is 997. The lowest BCUT2D eigenvalue weighted by Crippen LogP contribution is -2.49. The van der Waals surface area contributed by atoms with Crippen molar-refractivity contribution in [2.45, 2.75) is 64.5 Å². The van der Waals surface area contributed by atoms with Gasteiger partial charge in [0.25, 0.3) is 5.56 Å². The van der Waals surface area contributed by atoms with Crippen molar-refractivity contribution in [3.63, 3.8) is 0 Å². The Morgan fingerprint density at radius 1 is 1.19 bits per heavy atom. The zero-order valence-electron chi connectivity index (χ0n) is 18.8. The number of aromatic nitrogens is 1. The maximum absolute atomic E-state index is 13.0. The Balaban J connectivity index is 1.24. The van der Waals surface area contributed by atoms with Gasteiger partial charge in [0.1, 0.15) is 6.10 Å².